The molecule has 2 amide bonds. The van der Waals surface area contributed by atoms with Gasteiger partial charge < -0.3 is 9.80 Å². The van der Waals surface area contributed by atoms with Crippen molar-refractivity contribution in [2.24, 2.45) is 5.92 Å². The number of para-hydroxylation sites is 1. The molecule has 0 aromatic heterocycles. The largest absolute Gasteiger partial charge is 0.312 e. The monoisotopic (exact) mass is 356 g/mol. The molecule has 2 aliphatic rings. The fourth-order valence-corrected chi connectivity index (χ4v) is 3.82. The normalized spacial score (nSPS) is 19.6. The van der Waals surface area contributed by atoms with Gasteiger partial charge in [-0.3, -0.25) is 9.59 Å². The number of hydrogen-bond donors (Lipinski definition) is 0. The maximum Gasteiger partial charge on any atom is 0.232 e. The molecular weight excluding hydrogens is 338 g/mol. The van der Waals surface area contributed by atoms with Crippen molar-refractivity contribution in [2.75, 3.05) is 22.9 Å². The highest BCUT2D eigenvalue weighted by Crippen LogP contribution is 2.34. The van der Waals surface area contributed by atoms with Crippen LogP contribution in [0.5, 0.6) is 0 Å². The quantitative estimate of drug-likeness (QED) is 0.828. The zero-order chi connectivity index (χ0) is 18.3. The number of amides is 2. The number of aryl methyl sites for hydroxylation is 1. The lowest BCUT2D eigenvalue weighted by Gasteiger charge is -2.31. The molecule has 4 rings (SSSR count). The van der Waals surface area contributed by atoms with E-state index in [0.29, 0.717) is 24.9 Å². The standard InChI is InChI=1S/C20H18F2N2O2/c21-15-9-13-5-4-8-23(19(13)17(22)11-15)20(26)14-10-18(25)24(12-14)16-6-2-1-3-7-16/h1-3,6-7,9,11,14H,4-5,8,10,12H2/t14-/m1/s1. The van der Waals surface area contributed by atoms with Gasteiger partial charge in [-0.2, -0.15) is 0 Å². The van der Waals surface area contributed by atoms with Crippen molar-refractivity contribution in [3.8, 4) is 0 Å². The van der Waals surface area contributed by atoms with E-state index in [1.807, 2.05) is 30.3 Å². The van der Waals surface area contributed by atoms with Gasteiger partial charge >= 0.3 is 0 Å². The van der Waals surface area contributed by atoms with E-state index in [2.05, 4.69) is 0 Å². The molecule has 0 spiro atoms. The number of halogens is 2. The SMILES string of the molecule is O=C1C[C@@H](C(=O)N2CCCc3cc(F)cc(F)c32)CN1c1ccccc1. The molecule has 0 radical (unpaired) electrons. The van der Waals surface area contributed by atoms with Crippen LogP contribution in [0.25, 0.3) is 0 Å². The first-order valence-electron chi connectivity index (χ1n) is 8.69. The Morgan fingerprint density at radius 1 is 1.12 bits per heavy atom. The van der Waals surface area contributed by atoms with E-state index in [-0.39, 0.29) is 30.5 Å². The molecular formula is C20H18F2N2O2. The Balaban J connectivity index is 1.59. The van der Waals surface area contributed by atoms with Crippen LogP contribution < -0.4 is 9.80 Å². The predicted molar refractivity (Wildman–Crippen MR) is 93.9 cm³/mol. The third-order valence-electron chi connectivity index (χ3n) is 5.01. The maximum absolute atomic E-state index is 14.3. The van der Waals surface area contributed by atoms with Gasteiger partial charge in [0.25, 0.3) is 0 Å². The molecule has 0 saturated carbocycles. The Bertz CT molecular complexity index is 870. The van der Waals surface area contributed by atoms with E-state index >= 15 is 0 Å². The Morgan fingerprint density at radius 2 is 1.88 bits per heavy atom. The van der Waals surface area contributed by atoms with Crippen LogP contribution in [0.3, 0.4) is 0 Å². The second kappa shape index (κ2) is 6.52. The third-order valence-corrected chi connectivity index (χ3v) is 5.01. The summed E-state index contributed by atoms with van der Waals surface area (Å²) in [5.74, 6) is -2.29. The van der Waals surface area contributed by atoms with Crippen molar-refractivity contribution >= 4 is 23.2 Å². The summed E-state index contributed by atoms with van der Waals surface area (Å²) in [4.78, 5) is 28.4. The van der Waals surface area contributed by atoms with Gasteiger partial charge in [0.05, 0.1) is 11.6 Å². The maximum atomic E-state index is 14.3. The third kappa shape index (κ3) is 2.85. The lowest BCUT2D eigenvalue weighted by molar-refractivity contribution is -0.124. The van der Waals surface area contributed by atoms with Gasteiger partial charge in [0, 0.05) is 31.3 Å². The van der Waals surface area contributed by atoms with Crippen LogP contribution in [0, 0.1) is 17.6 Å². The molecule has 2 heterocycles. The minimum Gasteiger partial charge on any atom is -0.312 e. The summed E-state index contributed by atoms with van der Waals surface area (Å²) in [6, 6.07) is 11.3. The van der Waals surface area contributed by atoms with Gasteiger partial charge in [0.15, 0.2) is 0 Å². The number of anilines is 2. The number of hydrogen-bond acceptors (Lipinski definition) is 2. The number of carbonyl (C=O) groups is 2. The molecule has 4 nitrogen and oxygen atoms in total. The summed E-state index contributed by atoms with van der Waals surface area (Å²) in [7, 11) is 0. The second-order valence-corrected chi connectivity index (χ2v) is 6.73. The zero-order valence-corrected chi connectivity index (χ0v) is 14.1. The number of fused-ring (bicyclic) bond motifs is 1. The molecule has 0 unspecified atom stereocenters. The average Bonchev–Trinajstić information content (AvgIpc) is 3.03. The molecule has 2 aromatic carbocycles. The minimum absolute atomic E-state index is 0.0996. The van der Waals surface area contributed by atoms with Crippen LogP contribution in [-0.2, 0) is 16.0 Å². The van der Waals surface area contributed by atoms with Crippen molar-refractivity contribution in [3.05, 3.63) is 59.7 Å². The van der Waals surface area contributed by atoms with Gasteiger partial charge in [-0.1, -0.05) is 18.2 Å². The highest BCUT2D eigenvalue weighted by atomic mass is 19.1. The average molecular weight is 356 g/mol. The summed E-state index contributed by atoms with van der Waals surface area (Å²) in [6.07, 6.45) is 1.28. The van der Waals surface area contributed by atoms with E-state index < -0.39 is 17.6 Å². The minimum atomic E-state index is -0.725. The molecule has 1 atom stereocenters. The van der Waals surface area contributed by atoms with E-state index in [4.69, 9.17) is 0 Å². The van der Waals surface area contributed by atoms with Crippen LogP contribution in [0.2, 0.25) is 0 Å². The van der Waals surface area contributed by atoms with Crippen LogP contribution in [-0.4, -0.2) is 24.9 Å². The molecule has 0 bridgehead atoms. The molecule has 1 fully saturated rings. The van der Waals surface area contributed by atoms with Crippen molar-refractivity contribution in [1.82, 2.24) is 0 Å². The zero-order valence-electron chi connectivity index (χ0n) is 14.1. The molecule has 0 N–H and O–H groups in total. The van der Waals surface area contributed by atoms with Crippen LogP contribution in [0.4, 0.5) is 20.2 Å². The first kappa shape index (κ1) is 16.7. The Morgan fingerprint density at radius 3 is 2.65 bits per heavy atom. The summed E-state index contributed by atoms with van der Waals surface area (Å²) in [5, 5.41) is 0. The Kier molecular flexibility index (Phi) is 4.18. The Hall–Kier alpha value is -2.76. The lowest BCUT2D eigenvalue weighted by atomic mass is 9.98. The van der Waals surface area contributed by atoms with Crippen molar-refractivity contribution in [3.63, 3.8) is 0 Å². The Labute approximate surface area is 150 Å². The molecule has 134 valence electrons. The molecule has 26 heavy (non-hydrogen) atoms. The number of rotatable bonds is 2. The number of benzene rings is 2. The van der Waals surface area contributed by atoms with E-state index in [1.54, 1.807) is 4.90 Å². The van der Waals surface area contributed by atoms with Gasteiger partial charge in [0.1, 0.15) is 11.6 Å². The summed E-state index contributed by atoms with van der Waals surface area (Å²) < 4.78 is 27.8. The molecule has 2 aliphatic heterocycles. The van der Waals surface area contributed by atoms with Gasteiger partial charge in [-0.25, -0.2) is 8.78 Å². The predicted octanol–water partition coefficient (Wildman–Crippen LogP) is 3.30. The molecule has 0 aliphatic carbocycles. The fourth-order valence-electron chi connectivity index (χ4n) is 3.82. The smallest absolute Gasteiger partial charge is 0.232 e. The molecule has 6 heteroatoms. The van der Waals surface area contributed by atoms with Crippen molar-refractivity contribution in [1.29, 1.82) is 0 Å². The summed E-state index contributed by atoms with van der Waals surface area (Å²) in [6.45, 7) is 0.654. The topological polar surface area (TPSA) is 40.6 Å². The molecule has 2 aromatic rings. The summed E-state index contributed by atoms with van der Waals surface area (Å²) >= 11 is 0. The van der Waals surface area contributed by atoms with Crippen LogP contribution >= 0.6 is 0 Å². The van der Waals surface area contributed by atoms with Crippen LogP contribution in [0.15, 0.2) is 42.5 Å². The second-order valence-electron chi connectivity index (χ2n) is 6.73. The van der Waals surface area contributed by atoms with E-state index in [9.17, 15) is 18.4 Å². The fraction of sp³-hybridized carbons (Fsp3) is 0.300. The van der Waals surface area contributed by atoms with Crippen molar-refractivity contribution in [2.45, 2.75) is 19.3 Å². The number of carbonyl (C=O) groups excluding carboxylic acids is 2. The van der Waals surface area contributed by atoms with Gasteiger partial charge in [-0.15, -0.1) is 0 Å². The first-order valence-corrected chi connectivity index (χ1v) is 8.69. The van der Waals surface area contributed by atoms with E-state index in [1.165, 1.54) is 11.0 Å². The van der Waals surface area contributed by atoms with E-state index in [0.717, 1.165) is 11.8 Å². The first-order chi connectivity index (χ1) is 12.5. The highest BCUT2D eigenvalue weighted by molar-refractivity contribution is 6.04. The van der Waals surface area contributed by atoms with Crippen molar-refractivity contribution < 1.29 is 18.4 Å². The molecule has 1 saturated heterocycles. The summed E-state index contributed by atoms with van der Waals surface area (Å²) in [5.41, 5.74) is 1.42. The van der Waals surface area contributed by atoms with Crippen LogP contribution in [0.1, 0.15) is 18.4 Å². The van der Waals surface area contributed by atoms with Gasteiger partial charge in [0.2, 0.25) is 11.8 Å². The number of nitrogens with zero attached hydrogens (tertiary/aromatic N) is 2. The lowest BCUT2D eigenvalue weighted by Crippen LogP contribution is -2.41. The highest BCUT2D eigenvalue weighted by Gasteiger charge is 2.39. The van der Waals surface area contributed by atoms with Gasteiger partial charge in [-0.05, 0) is 36.6 Å².